The zero-order valence-corrected chi connectivity index (χ0v) is 39.8. The highest BCUT2D eigenvalue weighted by Gasteiger charge is 2.40. The summed E-state index contributed by atoms with van der Waals surface area (Å²) in [7, 11) is 4.12. The molecule has 4 aromatic rings. The lowest BCUT2D eigenvalue weighted by atomic mass is 9.86. The van der Waals surface area contributed by atoms with Gasteiger partial charge in [0.1, 0.15) is 22.9 Å². The smallest absolute Gasteiger partial charge is 0.433 e. The van der Waals surface area contributed by atoms with Gasteiger partial charge in [0.15, 0.2) is 0 Å². The van der Waals surface area contributed by atoms with E-state index < -0.39 is 23.7 Å². The Labute approximate surface area is 395 Å². The molecule has 0 spiro atoms. The van der Waals surface area contributed by atoms with Crippen LogP contribution in [0.1, 0.15) is 123 Å². The van der Waals surface area contributed by atoms with Gasteiger partial charge in [-0.05, 0) is 157 Å². The summed E-state index contributed by atoms with van der Waals surface area (Å²) >= 11 is 0. The molecule has 1 N–H and O–H groups in total. The fourth-order valence-electron chi connectivity index (χ4n) is 10.4. The quantitative estimate of drug-likeness (QED) is 0.130. The Morgan fingerprint density at radius 3 is 1.56 bits per heavy atom. The Balaban J connectivity index is 0.000000204. The van der Waals surface area contributed by atoms with Crippen molar-refractivity contribution in [2.75, 3.05) is 66.5 Å². The van der Waals surface area contributed by atoms with E-state index in [-0.39, 0.29) is 47.1 Å². The van der Waals surface area contributed by atoms with E-state index in [9.17, 15) is 41.0 Å². The van der Waals surface area contributed by atoms with Crippen LogP contribution in [0.15, 0.2) is 60.9 Å². The molecule has 2 amide bonds. The van der Waals surface area contributed by atoms with Crippen molar-refractivity contribution in [2.24, 2.45) is 0 Å². The first-order valence-corrected chi connectivity index (χ1v) is 23.6. The molecule has 0 saturated carbocycles. The maximum Gasteiger partial charge on any atom is 0.433 e. The molecular weight excluding hydrogens is 889 g/mol. The first-order valence-electron chi connectivity index (χ1n) is 23.6. The van der Waals surface area contributed by atoms with Crippen molar-refractivity contribution in [3.63, 3.8) is 0 Å². The number of aromatic nitrogens is 2. The minimum Gasteiger partial charge on any atom is -0.508 e. The van der Waals surface area contributed by atoms with E-state index in [0.29, 0.717) is 45.1 Å². The monoisotopic (exact) mass is 951 g/mol. The lowest BCUT2D eigenvalue weighted by Gasteiger charge is -2.48. The number of alkyl halides is 6. The van der Waals surface area contributed by atoms with Crippen LogP contribution in [0, 0.1) is 27.7 Å². The second kappa shape index (κ2) is 21.2. The Hall–Kier alpha value is -5.26. The van der Waals surface area contributed by atoms with Crippen molar-refractivity contribution in [3.8, 4) is 11.5 Å². The van der Waals surface area contributed by atoms with Gasteiger partial charge in [-0.15, -0.1) is 0 Å². The Bertz CT molecular complexity index is 2390. The maximum absolute atomic E-state index is 13.0. The Kier molecular flexibility index (Phi) is 15.8. The average Bonchev–Trinajstić information content (AvgIpc) is 3.32. The van der Waals surface area contributed by atoms with Gasteiger partial charge in [0.2, 0.25) is 0 Å². The van der Waals surface area contributed by atoms with Gasteiger partial charge < -0.3 is 24.5 Å². The standard InChI is InChI=1S/C28H37F3N4O2.C23H26F3N3O2/c1-19-20(2)25(37-16-6-13-33(3)4)11-10-23(19)24-8-5-7-22-18-34(14-15-35(22)24)27(36)21-9-12-26(32-17-21)28(29,30)31;1-14-15(2)20(30)8-7-18(14)19-5-3-4-17-13-28(10-11-29(17)19)22(31)16-6-9-21(27-12-16)23(24,25)26/h9-12,17,22,24H,5-8,13-16,18H2,1-4H3;6-9,12,17,19,30H,3-5,10-11,13H2,1-2H3/t22-,24+;17-,19+/m00/s1. The summed E-state index contributed by atoms with van der Waals surface area (Å²) in [5.74, 6) is 0.701. The molecule has 11 nitrogen and oxygen atoms in total. The van der Waals surface area contributed by atoms with Crippen LogP contribution >= 0.6 is 0 Å². The van der Waals surface area contributed by atoms with E-state index in [1.807, 2.05) is 19.9 Å². The molecule has 2 aromatic heterocycles. The number of hydrogen-bond donors (Lipinski definition) is 1. The number of fused-ring (bicyclic) bond motifs is 2. The van der Waals surface area contributed by atoms with Crippen LogP contribution in [0.4, 0.5) is 26.3 Å². The van der Waals surface area contributed by atoms with E-state index in [0.717, 1.165) is 99.4 Å². The predicted octanol–water partition coefficient (Wildman–Crippen LogP) is 9.57. The zero-order chi connectivity index (χ0) is 49.1. The molecule has 4 fully saturated rings. The number of amides is 2. The number of aromatic hydroxyl groups is 1. The third-order valence-electron chi connectivity index (χ3n) is 14.4. The SMILES string of the molecule is Cc1c(O)ccc([C@H]2CCC[C@H]3CN(C(=O)c4ccc(C(F)(F)F)nc4)CCN32)c1C.Cc1c(OCCCN(C)C)ccc([C@H]2CCC[C@H]3CN(C(=O)c4ccc(C(F)(F)F)nc4)CCN32)c1C. The second-order valence-electron chi connectivity index (χ2n) is 18.9. The highest BCUT2D eigenvalue weighted by atomic mass is 19.4. The van der Waals surface area contributed by atoms with E-state index in [1.165, 1.54) is 34.4 Å². The number of nitrogens with zero attached hydrogens (tertiary/aromatic N) is 7. The fourth-order valence-corrected chi connectivity index (χ4v) is 10.4. The van der Waals surface area contributed by atoms with Crippen molar-refractivity contribution in [1.29, 1.82) is 0 Å². The Morgan fingerprint density at radius 2 is 1.12 bits per heavy atom. The van der Waals surface area contributed by atoms with Gasteiger partial charge in [0, 0.05) is 82.4 Å². The highest BCUT2D eigenvalue weighted by Crippen LogP contribution is 2.41. The predicted molar refractivity (Wildman–Crippen MR) is 247 cm³/mol. The number of rotatable bonds is 9. The van der Waals surface area contributed by atoms with Crippen molar-refractivity contribution in [1.82, 2.24) is 34.5 Å². The zero-order valence-electron chi connectivity index (χ0n) is 39.8. The third-order valence-corrected chi connectivity index (χ3v) is 14.4. The summed E-state index contributed by atoms with van der Waals surface area (Å²) in [6, 6.07) is 13.1. The summed E-state index contributed by atoms with van der Waals surface area (Å²) in [4.78, 5) is 43.4. The van der Waals surface area contributed by atoms with Crippen LogP contribution in [0.5, 0.6) is 11.5 Å². The minimum absolute atomic E-state index is 0.179. The number of phenols is 1. The molecule has 4 saturated heterocycles. The Morgan fingerprint density at radius 1 is 0.647 bits per heavy atom. The molecule has 8 rings (SSSR count). The topological polar surface area (TPSA) is 106 Å². The maximum atomic E-state index is 13.0. The van der Waals surface area contributed by atoms with Crippen molar-refractivity contribution in [2.45, 2.75) is 109 Å². The van der Waals surface area contributed by atoms with Crippen LogP contribution in [-0.4, -0.2) is 130 Å². The molecule has 0 bridgehead atoms. The van der Waals surface area contributed by atoms with Gasteiger partial charge in [-0.25, -0.2) is 0 Å². The average molecular weight is 952 g/mol. The van der Waals surface area contributed by atoms with Crippen LogP contribution in [0.3, 0.4) is 0 Å². The molecule has 368 valence electrons. The summed E-state index contributed by atoms with van der Waals surface area (Å²) in [5, 5.41) is 10.00. The number of halogens is 6. The molecule has 6 heterocycles. The lowest BCUT2D eigenvalue weighted by molar-refractivity contribution is -0.142. The molecule has 4 aliphatic rings. The van der Waals surface area contributed by atoms with Crippen molar-refractivity contribution in [3.05, 3.63) is 117 Å². The van der Waals surface area contributed by atoms with Crippen LogP contribution in [0.2, 0.25) is 0 Å². The van der Waals surface area contributed by atoms with E-state index in [4.69, 9.17) is 4.74 Å². The minimum atomic E-state index is -4.52. The van der Waals surface area contributed by atoms with Gasteiger partial charge in [-0.3, -0.25) is 29.4 Å². The fraction of sp³-hybridized carbons (Fsp3) is 0.529. The molecule has 0 aliphatic carbocycles. The molecule has 0 unspecified atom stereocenters. The molecule has 4 atom stereocenters. The first kappa shape index (κ1) is 50.6. The number of phenolic OH excluding ortho intramolecular Hbond substituents is 1. The van der Waals surface area contributed by atoms with Gasteiger partial charge in [-0.2, -0.15) is 26.3 Å². The normalized spacial score (nSPS) is 21.4. The second-order valence-corrected chi connectivity index (χ2v) is 18.9. The third kappa shape index (κ3) is 11.4. The summed E-state index contributed by atoms with van der Waals surface area (Å²) < 4.78 is 82.8. The van der Waals surface area contributed by atoms with Crippen LogP contribution in [-0.2, 0) is 12.4 Å². The van der Waals surface area contributed by atoms with Gasteiger partial charge in [0.25, 0.3) is 11.8 Å². The summed E-state index contributed by atoms with van der Waals surface area (Å²) in [5.41, 5.74) is 5.34. The number of carbonyl (C=O) groups is 2. The lowest BCUT2D eigenvalue weighted by Crippen LogP contribution is -2.57. The number of benzene rings is 2. The van der Waals surface area contributed by atoms with E-state index in [1.54, 1.807) is 15.9 Å². The molecule has 0 radical (unpaired) electrons. The van der Waals surface area contributed by atoms with Gasteiger partial charge in [0.05, 0.1) is 17.7 Å². The number of carbonyl (C=O) groups excluding carboxylic acids is 2. The van der Waals surface area contributed by atoms with Crippen molar-refractivity contribution >= 4 is 11.8 Å². The molecule has 68 heavy (non-hydrogen) atoms. The molecule has 4 aliphatic heterocycles. The highest BCUT2D eigenvalue weighted by molar-refractivity contribution is 5.94. The number of piperazine rings is 2. The van der Waals surface area contributed by atoms with Gasteiger partial charge in [-0.1, -0.05) is 12.1 Å². The van der Waals surface area contributed by atoms with Crippen molar-refractivity contribution < 1.29 is 45.8 Å². The largest absolute Gasteiger partial charge is 0.508 e. The number of piperidine rings is 2. The number of pyridine rings is 2. The number of hydrogen-bond acceptors (Lipinski definition) is 9. The first-order chi connectivity index (χ1) is 32.2. The van der Waals surface area contributed by atoms with E-state index >= 15 is 0 Å². The molecule has 17 heteroatoms. The van der Waals surface area contributed by atoms with Crippen LogP contribution in [0.25, 0.3) is 0 Å². The number of ether oxygens (including phenoxy) is 1. The summed E-state index contributed by atoms with van der Waals surface area (Å²) in [6.45, 7) is 13.5. The van der Waals surface area contributed by atoms with Crippen LogP contribution < -0.4 is 4.74 Å². The van der Waals surface area contributed by atoms with E-state index in [2.05, 4.69) is 64.7 Å². The summed E-state index contributed by atoms with van der Waals surface area (Å²) in [6.07, 6.45) is 0.163. The molecule has 2 aromatic carbocycles. The molecular formula is C51H63F6N7O4. The van der Waals surface area contributed by atoms with Gasteiger partial charge >= 0.3 is 12.4 Å².